The van der Waals surface area contributed by atoms with Gasteiger partial charge in [0.15, 0.2) is 0 Å². The minimum Gasteiger partial charge on any atom is -0.395 e. The van der Waals surface area contributed by atoms with E-state index in [1.165, 1.54) is 4.90 Å². The number of ether oxygens (including phenoxy) is 1. The van der Waals surface area contributed by atoms with Crippen LogP contribution in [0.5, 0.6) is 0 Å². The minimum atomic E-state index is -0.293. The lowest BCUT2D eigenvalue weighted by Gasteiger charge is -2.28. The normalized spacial score (nSPS) is 18.8. The number of amides is 2. The zero-order chi connectivity index (χ0) is 18.5. The molecule has 0 aromatic heterocycles. The zero-order valence-corrected chi connectivity index (χ0v) is 15.1. The monoisotopic (exact) mass is 359 g/mol. The smallest absolute Gasteiger partial charge is 0.277 e. The fourth-order valence-electron chi connectivity index (χ4n) is 3.31. The van der Waals surface area contributed by atoms with E-state index in [4.69, 9.17) is 4.74 Å². The summed E-state index contributed by atoms with van der Waals surface area (Å²) in [6.07, 6.45) is 0. The van der Waals surface area contributed by atoms with Crippen molar-refractivity contribution in [2.75, 3.05) is 59.6 Å². The van der Waals surface area contributed by atoms with E-state index >= 15 is 0 Å². The van der Waals surface area contributed by atoms with Crippen molar-refractivity contribution in [3.8, 4) is 0 Å². The minimum absolute atomic E-state index is 0.0860. The number of nitrogens with zero attached hydrogens (tertiary/aromatic N) is 3. The van der Waals surface area contributed by atoms with Crippen LogP contribution in [0.4, 0.5) is 0 Å². The molecule has 2 amide bonds. The van der Waals surface area contributed by atoms with Crippen molar-refractivity contribution < 1.29 is 19.4 Å². The summed E-state index contributed by atoms with van der Waals surface area (Å²) >= 11 is 0. The molecule has 1 aromatic rings. The van der Waals surface area contributed by atoms with Crippen LogP contribution in [0.25, 0.3) is 5.57 Å². The number of carbonyl (C=O) groups excluding carboxylic acids is 2. The van der Waals surface area contributed by atoms with Gasteiger partial charge in [0.25, 0.3) is 11.8 Å². The molecule has 0 spiro atoms. The van der Waals surface area contributed by atoms with Gasteiger partial charge in [0.2, 0.25) is 0 Å². The van der Waals surface area contributed by atoms with Crippen LogP contribution in [-0.4, -0.2) is 91.2 Å². The Bertz CT molecular complexity index is 683. The highest BCUT2D eigenvalue weighted by Crippen LogP contribution is 2.30. The van der Waals surface area contributed by atoms with E-state index in [2.05, 4.69) is 4.90 Å². The fourth-order valence-corrected chi connectivity index (χ4v) is 3.31. The zero-order valence-electron chi connectivity index (χ0n) is 15.1. The van der Waals surface area contributed by atoms with Gasteiger partial charge in [-0.1, -0.05) is 30.3 Å². The van der Waals surface area contributed by atoms with Crippen LogP contribution in [0.15, 0.2) is 36.0 Å². The van der Waals surface area contributed by atoms with Crippen LogP contribution < -0.4 is 0 Å². The highest BCUT2D eigenvalue weighted by Gasteiger charge is 2.40. The van der Waals surface area contributed by atoms with Crippen LogP contribution in [0.3, 0.4) is 0 Å². The Morgan fingerprint density at radius 1 is 1.08 bits per heavy atom. The molecule has 1 aromatic carbocycles. The number of hydrogen-bond donors (Lipinski definition) is 1. The predicted octanol–water partition coefficient (Wildman–Crippen LogP) is 0.0228. The summed E-state index contributed by atoms with van der Waals surface area (Å²) in [7, 11) is 1.73. The number of aliphatic hydroxyl groups is 1. The lowest BCUT2D eigenvalue weighted by Crippen LogP contribution is -2.44. The molecule has 7 nitrogen and oxygen atoms in total. The van der Waals surface area contributed by atoms with E-state index in [0.29, 0.717) is 44.1 Å². The summed E-state index contributed by atoms with van der Waals surface area (Å²) in [5, 5.41) is 9.25. The number of likely N-dealkylation sites (N-methyl/N-ethyl adjacent to an activating group) is 1. The van der Waals surface area contributed by atoms with Gasteiger partial charge in [0.1, 0.15) is 5.70 Å². The van der Waals surface area contributed by atoms with Gasteiger partial charge in [-0.2, -0.15) is 0 Å². The first-order valence-corrected chi connectivity index (χ1v) is 8.91. The molecule has 2 heterocycles. The molecule has 1 saturated heterocycles. The van der Waals surface area contributed by atoms with Gasteiger partial charge in [0, 0.05) is 39.8 Å². The SMILES string of the molecule is CN(CCO)C1=C(c2ccccc2)C(=O)N(CCN2CCOCC2)C1=O. The molecule has 2 aliphatic rings. The second-order valence-corrected chi connectivity index (χ2v) is 6.45. The first-order chi connectivity index (χ1) is 12.6. The molecule has 0 bridgehead atoms. The average Bonchev–Trinajstić information content (AvgIpc) is 2.92. The quantitative estimate of drug-likeness (QED) is 0.692. The Kier molecular flexibility index (Phi) is 6.03. The van der Waals surface area contributed by atoms with E-state index in [1.807, 2.05) is 30.3 Å². The lowest BCUT2D eigenvalue weighted by atomic mass is 10.0. The van der Waals surface area contributed by atoms with Gasteiger partial charge in [0.05, 0.1) is 25.4 Å². The van der Waals surface area contributed by atoms with E-state index < -0.39 is 0 Å². The molecule has 26 heavy (non-hydrogen) atoms. The van der Waals surface area contributed by atoms with Crippen LogP contribution in [0, 0.1) is 0 Å². The number of aliphatic hydroxyl groups excluding tert-OH is 1. The van der Waals surface area contributed by atoms with Gasteiger partial charge < -0.3 is 14.7 Å². The van der Waals surface area contributed by atoms with Gasteiger partial charge in [-0.15, -0.1) is 0 Å². The molecule has 140 valence electrons. The van der Waals surface area contributed by atoms with Crippen LogP contribution >= 0.6 is 0 Å². The second kappa shape index (κ2) is 8.44. The number of imide groups is 1. The third-order valence-corrected chi connectivity index (χ3v) is 4.77. The predicted molar refractivity (Wildman–Crippen MR) is 97.1 cm³/mol. The largest absolute Gasteiger partial charge is 0.395 e. The van der Waals surface area contributed by atoms with Crippen LogP contribution in [0.2, 0.25) is 0 Å². The Hall–Kier alpha value is -2.22. The Balaban J connectivity index is 1.83. The van der Waals surface area contributed by atoms with Crippen molar-refractivity contribution >= 4 is 17.4 Å². The molecule has 7 heteroatoms. The molecule has 3 rings (SSSR count). The molecule has 0 aliphatic carbocycles. The van der Waals surface area contributed by atoms with Gasteiger partial charge in [-0.05, 0) is 5.56 Å². The van der Waals surface area contributed by atoms with Crippen LogP contribution in [0.1, 0.15) is 5.56 Å². The van der Waals surface area contributed by atoms with Crippen molar-refractivity contribution in [2.45, 2.75) is 0 Å². The van der Waals surface area contributed by atoms with E-state index in [9.17, 15) is 14.7 Å². The maximum Gasteiger partial charge on any atom is 0.277 e. The summed E-state index contributed by atoms with van der Waals surface area (Å²) in [4.78, 5) is 31.2. The van der Waals surface area contributed by atoms with Crippen molar-refractivity contribution in [1.29, 1.82) is 0 Å². The molecule has 0 atom stereocenters. The van der Waals surface area contributed by atoms with E-state index in [1.54, 1.807) is 11.9 Å². The first kappa shape index (κ1) is 18.6. The second-order valence-electron chi connectivity index (χ2n) is 6.45. The van der Waals surface area contributed by atoms with Crippen LogP contribution in [-0.2, 0) is 14.3 Å². The number of benzene rings is 1. The number of rotatable bonds is 7. The maximum absolute atomic E-state index is 13.0. The molecule has 0 unspecified atom stereocenters. The summed E-state index contributed by atoms with van der Waals surface area (Å²) in [6.45, 7) is 4.18. The van der Waals surface area contributed by atoms with Gasteiger partial charge in [-0.25, -0.2) is 0 Å². The number of carbonyl (C=O) groups is 2. The number of morpholine rings is 1. The standard InChI is InChI=1S/C19H25N3O4/c1-20(9-12-23)17-16(15-5-3-2-4-6-15)18(24)22(19(17)25)8-7-21-10-13-26-14-11-21/h2-6,23H,7-14H2,1H3. The molecule has 2 aliphatic heterocycles. The van der Waals surface area contributed by atoms with Crippen molar-refractivity contribution in [2.24, 2.45) is 0 Å². The number of hydrogen-bond acceptors (Lipinski definition) is 6. The third-order valence-electron chi connectivity index (χ3n) is 4.77. The summed E-state index contributed by atoms with van der Waals surface area (Å²) in [6, 6.07) is 9.23. The molecule has 0 radical (unpaired) electrons. The summed E-state index contributed by atoms with van der Waals surface area (Å²) in [5.74, 6) is -0.563. The average molecular weight is 359 g/mol. The molecular formula is C19H25N3O4. The highest BCUT2D eigenvalue weighted by molar-refractivity contribution is 6.35. The van der Waals surface area contributed by atoms with Crippen molar-refractivity contribution in [3.05, 3.63) is 41.6 Å². The Labute approximate surface area is 153 Å². The molecular weight excluding hydrogens is 334 g/mol. The topological polar surface area (TPSA) is 73.3 Å². The van der Waals surface area contributed by atoms with E-state index in [0.717, 1.165) is 18.7 Å². The third kappa shape index (κ3) is 3.80. The molecule has 0 saturated carbocycles. The van der Waals surface area contributed by atoms with Gasteiger partial charge in [-0.3, -0.25) is 19.4 Å². The summed E-state index contributed by atoms with van der Waals surface area (Å²) < 4.78 is 5.34. The van der Waals surface area contributed by atoms with Crippen molar-refractivity contribution in [3.63, 3.8) is 0 Å². The highest BCUT2D eigenvalue weighted by atomic mass is 16.5. The van der Waals surface area contributed by atoms with Gasteiger partial charge >= 0.3 is 0 Å². The summed E-state index contributed by atoms with van der Waals surface area (Å²) in [5.41, 5.74) is 1.49. The van der Waals surface area contributed by atoms with E-state index in [-0.39, 0.29) is 18.4 Å². The maximum atomic E-state index is 13.0. The lowest BCUT2D eigenvalue weighted by molar-refractivity contribution is -0.137. The molecule has 1 fully saturated rings. The Morgan fingerprint density at radius 2 is 1.77 bits per heavy atom. The Morgan fingerprint density at radius 3 is 2.42 bits per heavy atom. The fraction of sp³-hybridized carbons (Fsp3) is 0.474. The first-order valence-electron chi connectivity index (χ1n) is 8.91. The molecule has 1 N–H and O–H groups in total. The van der Waals surface area contributed by atoms with Crippen molar-refractivity contribution in [1.82, 2.24) is 14.7 Å².